The molecule has 0 amide bonds. The first-order chi connectivity index (χ1) is 15.0. The SMILES string of the molecule is C=CC[C@@]1(COCc2ccc(OC)cc2)CC(n2ccc3c(Cl)ncnc32)[C@H](O)[C@@H]1O. The predicted molar refractivity (Wildman–Crippen MR) is 118 cm³/mol. The molecular formula is C23H26ClN3O4. The first-order valence-electron chi connectivity index (χ1n) is 10.1. The van der Waals surface area contributed by atoms with Crippen LogP contribution in [0.25, 0.3) is 11.0 Å². The fourth-order valence-corrected chi connectivity index (χ4v) is 4.68. The number of ether oxygens (including phenoxy) is 2. The van der Waals surface area contributed by atoms with Gasteiger partial charge in [-0.2, -0.15) is 0 Å². The van der Waals surface area contributed by atoms with Crippen molar-refractivity contribution in [3.63, 3.8) is 0 Å². The summed E-state index contributed by atoms with van der Waals surface area (Å²) in [7, 11) is 1.63. The van der Waals surface area contributed by atoms with Crippen LogP contribution in [0, 0.1) is 5.41 Å². The average Bonchev–Trinajstić information content (AvgIpc) is 3.31. The van der Waals surface area contributed by atoms with E-state index in [2.05, 4.69) is 16.5 Å². The van der Waals surface area contributed by atoms with E-state index in [0.29, 0.717) is 35.6 Å². The molecule has 0 bridgehead atoms. The Morgan fingerprint density at radius 2 is 2.03 bits per heavy atom. The van der Waals surface area contributed by atoms with Crippen LogP contribution in [0.2, 0.25) is 5.15 Å². The first-order valence-corrected chi connectivity index (χ1v) is 10.5. The molecule has 1 aromatic carbocycles. The Morgan fingerprint density at radius 3 is 2.74 bits per heavy atom. The summed E-state index contributed by atoms with van der Waals surface area (Å²) >= 11 is 6.18. The van der Waals surface area contributed by atoms with Crippen LogP contribution in [-0.2, 0) is 11.3 Å². The monoisotopic (exact) mass is 443 g/mol. The van der Waals surface area contributed by atoms with E-state index >= 15 is 0 Å². The van der Waals surface area contributed by atoms with E-state index in [1.165, 1.54) is 6.33 Å². The lowest BCUT2D eigenvalue weighted by Crippen LogP contribution is -2.39. The van der Waals surface area contributed by atoms with Crippen LogP contribution in [-0.4, -0.2) is 50.7 Å². The molecule has 8 heteroatoms. The van der Waals surface area contributed by atoms with Crippen LogP contribution < -0.4 is 4.74 Å². The lowest BCUT2D eigenvalue weighted by atomic mass is 9.81. The van der Waals surface area contributed by atoms with E-state index in [0.717, 1.165) is 11.3 Å². The summed E-state index contributed by atoms with van der Waals surface area (Å²) < 4.78 is 13.1. The van der Waals surface area contributed by atoms with E-state index in [9.17, 15) is 10.2 Å². The summed E-state index contributed by atoms with van der Waals surface area (Å²) in [6, 6.07) is 9.10. The van der Waals surface area contributed by atoms with Crippen molar-refractivity contribution in [2.75, 3.05) is 13.7 Å². The molecule has 1 saturated carbocycles. The summed E-state index contributed by atoms with van der Waals surface area (Å²) in [5, 5.41) is 23.0. The molecule has 2 N–H and O–H groups in total. The average molecular weight is 444 g/mol. The number of hydrogen-bond donors (Lipinski definition) is 2. The molecule has 1 aliphatic rings. The van der Waals surface area contributed by atoms with Gasteiger partial charge in [-0.1, -0.05) is 29.8 Å². The largest absolute Gasteiger partial charge is 0.497 e. The van der Waals surface area contributed by atoms with Gasteiger partial charge < -0.3 is 24.3 Å². The second-order valence-corrected chi connectivity index (χ2v) is 8.39. The predicted octanol–water partition coefficient (Wildman–Crippen LogP) is 3.54. The number of halogens is 1. The molecule has 0 saturated heterocycles. The zero-order valence-electron chi connectivity index (χ0n) is 17.3. The Labute approximate surface area is 185 Å². The zero-order valence-corrected chi connectivity index (χ0v) is 18.1. The van der Waals surface area contributed by atoms with Gasteiger partial charge in [0.1, 0.15) is 29.0 Å². The van der Waals surface area contributed by atoms with Gasteiger partial charge in [0.15, 0.2) is 0 Å². The van der Waals surface area contributed by atoms with Crippen LogP contribution in [0.1, 0.15) is 24.4 Å². The topological polar surface area (TPSA) is 89.6 Å². The molecular weight excluding hydrogens is 418 g/mol. The molecule has 1 unspecified atom stereocenters. The number of aliphatic hydroxyl groups is 2. The highest BCUT2D eigenvalue weighted by Gasteiger charge is 2.53. The van der Waals surface area contributed by atoms with Crippen molar-refractivity contribution >= 4 is 22.6 Å². The van der Waals surface area contributed by atoms with Crippen molar-refractivity contribution in [2.24, 2.45) is 5.41 Å². The van der Waals surface area contributed by atoms with Crippen LogP contribution in [0.4, 0.5) is 0 Å². The molecule has 2 aromatic heterocycles. The maximum atomic E-state index is 11.0. The minimum atomic E-state index is -0.978. The summed E-state index contributed by atoms with van der Waals surface area (Å²) in [5.74, 6) is 0.784. The molecule has 3 aromatic rings. The minimum Gasteiger partial charge on any atom is -0.497 e. The van der Waals surface area contributed by atoms with Gasteiger partial charge >= 0.3 is 0 Å². The van der Waals surface area contributed by atoms with E-state index in [1.54, 1.807) is 13.2 Å². The number of fused-ring (bicyclic) bond motifs is 1. The Balaban J connectivity index is 1.54. The maximum absolute atomic E-state index is 11.0. The fourth-order valence-electron chi connectivity index (χ4n) is 4.49. The van der Waals surface area contributed by atoms with Crippen molar-refractivity contribution in [1.29, 1.82) is 0 Å². The van der Waals surface area contributed by atoms with E-state index < -0.39 is 17.6 Å². The van der Waals surface area contributed by atoms with Crippen LogP contribution in [0.15, 0.2) is 55.5 Å². The third kappa shape index (κ3) is 4.06. The number of benzene rings is 1. The zero-order chi connectivity index (χ0) is 22.0. The van der Waals surface area contributed by atoms with Crippen LogP contribution in [0.5, 0.6) is 5.75 Å². The van der Waals surface area contributed by atoms with Crippen molar-refractivity contribution in [3.05, 3.63) is 66.2 Å². The lowest BCUT2D eigenvalue weighted by Gasteiger charge is -2.31. The third-order valence-corrected chi connectivity index (χ3v) is 6.45. The maximum Gasteiger partial charge on any atom is 0.145 e. The van der Waals surface area contributed by atoms with Crippen molar-refractivity contribution in [1.82, 2.24) is 14.5 Å². The molecule has 7 nitrogen and oxygen atoms in total. The number of rotatable bonds is 8. The molecule has 0 radical (unpaired) electrons. The van der Waals surface area contributed by atoms with Gasteiger partial charge in [-0.25, -0.2) is 9.97 Å². The number of methoxy groups -OCH3 is 1. The summed E-state index contributed by atoms with van der Waals surface area (Å²) in [6.07, 6.45) is 4.06. The standard InChI is InChI=1S/C23H26ClN3O4/c1-3-9-23(13-31-12-15-4-6-16(30-2)7-5-15)11-18(19(28)20(23)29)27-10-8-17-21(24)25-14-26-22(17)27/h3-8,10,14,18-20,28-29H,1,9,11-13H2,2H3/t18?,19-,20-,23-/m0/s1. The molecule has 1 fully saturated rings. The first kappa shape index (κ1) is 21.8. The highest BCUT2D eigenvalue weighted by Crippen LogP contribution is 2.48. The third-order valence-electron chi connectivity index (χ3n) is 6.15. The van der Waals surface area contributed by atoms with Gasteiger partial charge in [0, 0.05) is 11.6 Å². The van der Waals surface area contributed by atoms with Crippen molar-refractivity contribution < 1.29 is 19.7 Å². The molecule has 1 aliphatic carbocycles. The van der Waals surface area contributed by atoms with Gasteiger partial charge in [0.2, 0.25) is 0 Å². The lowest BCUT2D eigenvalue weighted by molar-refractivity contribution is -0.0663. The van der Waals surface area contributed by atoms with E-state index in [-0.39, 0.29) is 12.6 Å². The summed E-state index contributed by atoms with van der Waals surface area (Å²) in [4.78, 5) is 8.34. The Morgan fingerprint density at radius 1 is 1.26 bits per heavy atom. The normalized spacial score (nSPS) is 25.7. The highest BCUT2D eigenvalue weighted by molar-refractivity contribution is 6.33. The number of nitrogens with zero attached hydrogens (tertiary/aromatic N) is 3. The van der Waals surface area contributed by atoms with Gasteiger partial charge in [0.05, 0.1) is 37.9 Å². The summed E-state index contributed by atoms with van der Waals surface area (Å²) in [6.45, 7) is 4.54. The quantitative estimate of drug-likeness (QED) is 0.409. The highest BCUT2D eigenvalue weighted by atomic mass is 35.5. The van der Waals surface area contributed by atoms with Crippen molar-refractivity contribution in [2.45, 2.75) is 37.7 Å². The van der Waals surface area contributed by atoms with Crippen LogP contribution in [0.3, 0.4) is 0 Å². The van der Waals surface area contributed by atoms with Gasteiger partial charge in [-0.15, -0.1) is 6.58 Å². The number of aromatic nitrogens is 3. The smallest absolute Gasteiger partial charge is 0.145 e. The van der Waals surface area contributed by atoms with Gasteiger partial charge in [-0.3, -0.25) is 0 Å². The molecule has 164 valence electrons. The second-order valence-electron chi connectivity index (χ2n) is 8.03. The number of allylic oxidation sites excluding steroid dienone is 1. The van der Waals surface area contributed by atoms with Gasteiger partial charge in [-0.05, 0) is 36.6 Å². The Kier molecular flexibility index (Phi) is 6.29. The fraction of sp³-hybridized carbons (Fsp3) is 0.391. The van der Waals surface area contributed by atoms with Crippen molar-refractivity contribution in [3.8, 4) is 5.75 Å². The number of hydrogen-bond acceptors (Lipinski definition) is 6. The molecule has 4 atom stereocenters. The molecule has 2 heterocycles. The summed E-state index contributed by atoms with van der Waals surface area (Å²) in [5.41, 5.74) is 0.970. The molecule has 31 heavy (non-hydrogen) atoms. The molecule has 0 aliphatic heterocycles. The Hall–Kier alpha value is -2.45. The molecule has 0 spiro atoms. The Bertz CT molecular complexity index is 1050. The second kappa shape index (κ2) is 8.96. The minimum absolute atomic E-state index is 0.286. The van der Waals surface area contributed by atoms with Crippen LogP contribution >= 0.6 is 11.6 Å². The van der Waals surface area contributed by atoms with E-state index in [4.69, 9.17) is 21.1 Å². The van der Waals surface area contributed by atoms with E-state index in [1.807, 2.05) is 41.1 Å². The molecule has 4 rings (SSSR count). The van der Waals surface area contributed by atoms with Gasteiger partial charge in [0.25, 0.3) is 0 Å². The number of aliphatic hydroxyl groups excluding tert-OH is 2.